The van der Waals surface area contributed by atoms with Crippen LogP contribution in [0.4, 0.5) is 39.5 Å². The van der Waals surface area contributed by atoms with E-state index in [0.717, 1.165) is 0 Å². The molecule has 0 aromatic carbocycles. The highest BCUT2D eigenvalue weighted by Gasteiger charge is 2.89. The Bertz CT molecular complexity index is 614. The highest BCUT2D eigenvalue weighted by Crippen LogP contribution is 2.65. The molecule has 0 aliphatic heterocycles. The van der Waals surface area contributed by atoms with Gasteiger partial charge in [0.15, 0.2) is 35.3 Å². The van der Waals surface area contributed by atoms with Gasteiger partial charge in [-0.05, 0) is 0 Å². The molecule has 0 aromatic rings. The van der Waals surface area contributed by atoms with E-state index in [2.05, 4.69) is 14.0 Å². The summed E-state index contributed by atoms with van der Waals surface area (Å²) < 4.78 is 138. The zero-order valence-electron chi connectivity index (χ0n) is 15.5. The SMILES string of the molecule is OCCC1(OB(OC2(CCO)C(F)C2(F)F)OC2(CCO)C(F)C2(F)F)C(F)C1(F)F. The minimum Gasteiger partial charge on any atom is -0.396 e. The summed E-state index contributed by atoms with van der Waals surface area (Å²) >= 11 is 0. The molecule has 6 atom stereocenters. The van der Waals surface area contributed by atoms with E-state index in [1.807, 2.05) is 0 Å². The average molecular weight is 476 g/mol. The Balaban J connectivity index is 1.92. The molecule has 0 bridgehead atoms. The second kappa shape index (κ2) is 7.35. The summed E-state index contributed by atoms with van der Waals surface area (Å²) in [6, 6.07) is 0. The van der Waals surface area contributed by atoms with E-state index >= 15 is 0 Å². The standard InChI is InChI=1S/C15H18BF9O6/c17-7-10(1-4-26,13(7,20)21)29-16(30-11(2-5-27)8(18)14(11,22)23)31-12(3-6-28)9(19)15(12,24)25/h7-9,26-28H,1-6H2. The van der Waals surface area contributed by atoms with E-state index in [4.69, 9.17) is 15.3 Å². The van der Waals surface area contributed by atoms with Crippen molar-refractivity contribution < 1.29 is 68.8 Å². The summed E-state index contributed by atoms with van der Waals surface area (Å²) in [7, 11) is -3.09. The maximum atomic E-state index is 13.8. The van der Waals surface area contributed by atoms with E-state index in [-0.39, 0.29) is 0 Å². The third-order valence-electron chi connectivity index (χ3n) is 5.99. The van der Waals surface area contributed by atoms with Gasteiger partial charge in [0.25, 0.3) is 0 Å². The quantitative estimate of drug-likeness (QED) is 0.291. The minimum atomic E-state index is -4.34. The molecule has 180 valence electrons. The van der Waals surface area contributed by atoms with Gasteiger partial charge in [-0.3, -0.25) is 0 Å². The first-order chi connectivity index (χ1) is 14.2. The van der Waals surface area contributed by atoms with Crippen molar-refractivity contribution in [2.24, 2.45) is 0 Å². The molecule has 3 N–H and O–H groups in total. The van der Waals surface area contributed by atoms with Gasteiger partial charge in [0.1, 0.15) is 0 Å². The van der Waals surface area contributed by atoms with Crippen molar-refractivity contribution in [3.63, 3.8) is 0 Å². The lowest BCUT2D eigenvalue weighted by Crippen LogP contribution is -2.47. The van der Waals surface area contributed by atoms with Crippen LogP contribution < -0.4 is 0 Å². The van der Waals surface area contributed by atoms with Crippen molar-refractivity contribution in [1.29, 1.82) is 0 Å². The molecular weight excluding hydrogens is 458 g/mol. The normalized spacial score (nSPS) is 43.5. The van der Waals surface area contributed by atoms with Crippen LogP contribution in [0.5, 0.6) is 0 Å². The fraction of sp³-hybridized carbons (Fsp3) is 1.00. The van der Waals surface area contributed by atoms with Crippen LogP contribution in [0.2, 0.25) is 0 Å². The van der Waals surface area contributed by atoms with Crippen molar-refractivity contribution >= 4 is 7.32 Å². The van der Waals surface area contributed by atoms with Crippen molar-refractivity contribution in [3.05, 3.63) is 0 Å². The highest BCUT2D eigenvalue weighted by atomic mass is 19.3. The lowest BCUT2D eigenvalue weighted by molar-refractivity contribution is -0.102. The molecule has 31 heavy (non-hydrogen) atoms. The Morgan fingerprint density at radius 2 is 0.742 bits per heavy atom. The van der Waals surface area contributed by atoms with Crippen LogP contribution in [-0.4, -0.2) is 95.5 Å². The molecule has 6 nitrogen and oxygen atoms in total. The molecule has 3 aliphatic carbocycles. The predicted octanol–water partition coefficient (Wildman–Crippen LogP) is 1.35. The van der Waals surface area contributed by atoms with Crippen molar-refractivity contribution in [3.8, 4) is 0 Å². The zero-order valence-corrected chi connectivity index (χ0v) is 15.5. The molecule has 6 unspecified atom stereocenters. The molecule has 3 rings (SSSR count). The highest BCUT2D eigenvalue weighted by molar-refractivity contribution is 6.37. The maximum absolute atomic E-state index is 13.8. The number of rotatable bonds is 12. The van der Waals surface area contributed by atoms with Gasteiger partial charge in [0.2, 0.25) is 0 Å². The van der Waals surface area contributed by atoms with E-state index in [9.17, 15) is 39.5 Å². The van der Waals surface area contributed by atoms with Gasteiger partial charge in [-0.25, -0.2) is 13.2 Å². The zero-order chi connectivity index (χ0) is 23.7. The van der Waals surface area contributed by atoms with Crippen LogP contribution in [0, 0.1) is 0 Å². The van der Waals surface area contributed by atoms with E-state index < -0.39 is 99.5 Å². The van der Waals surface area contributed by atoms with Crippen LogP contribution in [0.15, 0.2) is 0 Å². The summed E-state index contributed by atoms with van der Waals surface area (Å²) in [5, 5.41) is 26.8. The number of halogens is 9. The molecule has 0 radical (unpaired) electrons. The Kier molecular flexibility index (Phi) is 5.89. The number of aliphatic hydroxyl groups is 3. The van der Waals surface area contributed by atoms with Gasteiger partial charge in [0, 0.05) is 39.1 Å². The summed E-state index contributed by atoms with van der Waals surface area (Å²) in [5.41, 5.74) is -9.79. The third-order valence-corrected chi connectivity index (χ3v) is 5.99. The maximum Gasteiger partial charge on any atom is 0.641 e. The Labute approximate surface area is 169 Å². The first-order valence-corrected chi connectivity index (χ1v) is 9.10. The van der Waals surface area contributed by atoms with Gasteiger partial charge in [0.05, 0.1) is 0 Å². The van der Waals surface area contributed by atoms with Gasteiger partial charge >= 0.3 is 25.1 Å². The molecule has 16 heteroatoms. The van der Waals surface area contributed by atoms with Crippen LogP contribution in [-0.2, 0) is 14.0 Å². The topological polar surface area (TPSA) is 88.4 Å². The molecular formula is C15H18BF9O6. The Morgan fingerprint density at radius 1 is 0.548 bits per heavy atom. The lowest BCUT2D eigenvalue weighted by atomic mass is 10.1. The number of alkyl halides is 9. The number of aliphatic hydroxyl groups excluding tert-OH is 3. The molecule has 0 aromatic heterocycles. The summed E-state index contributed by atoms with van der Waals surface area (Å²) in [6.45, 7) is -3.39. The molecule has 0 amide bonds. The first-order valence-electron chi connectivity index (χ1n) is 9.10. The number of hydrogen-bond donors (Lipinski definition) is 3. The molecule has 3 fully saturated rings. The second-order valence-corrected chi connectivity index (χ2v) is 7.69. The summed E-state index contributed by atoms with van der Waals surface area (Å²) in [6.07, 6.45) is -13.0. The fourth-order valence-electron chi connectivity index (χ4n) is 3.73. The van der Waals surface area contributed by atoms with Crippen molar-refractivity contribution in [2.45, 2.75) is 72.3 Å². The Hall–Kier alpha value is -0.805. The molecule has 0 heterocycles. The van der Waals surface area contributed by atoms with Crippen LogP contribution in [0.3, 0.4) is 0 Å². The van der Waals surface area contributed by atoms with Crippen LogP contribution >= 0.6 is 0 Å². The van der Waals surface area contributed by atoms with E-state index in [1.54, 1.807) is 0 Å². The summed E-state index contributed by atoms with van der Waals surface area (Å²) in [4.78, 5) is 0. The Morgan fingerprint density at radius 3 is 0.871 bits per heavy atom. The van der Waals surface area contributed by atoms with Crippen molar-refractivity contribution in [1.82, 2.24) is 0 Å². The third kappa shape index (κ3) is 3.12. The van der Waals surface area contributed by atoms with E-state index in [0.29, 0.717) is 0 Å². The van der Waals surface area contributed by atoms with Crippen LogP contribution in [0.25, 0.3) is 0 Å². The van der Waals surface area contributed by atoms with Gasteiger partial charge in [-0.15, -0.1) is 0 Å². The van der Waals surface area contributed by atoms with Crippen molar-refractivity contribution in [2.75, 3.05) is 19.8 Å². The average Bonchev–Trinajstić information content (AvgIpc) is 3.41. The number of hydrogen-bond acceptors (Lipinski definition) is 6. The van der Waals surface area contributed by atoms with Gasteiger partial charge < -0.3 is 29.3 Å². The minimum absolute atomic E-state index is 1.13. The van der Waals surface area contributed by atoms with Gasteiger partial charge in [-0.2, -0.15) is 26.3 Å². The predicted molar refractivity (Wildman–Crippen MR) is 81.8 cm³/mol. The second-order valence-electron chi connectivity index (χ2n) is 7.69. The molecule has 0 spiro atoms. The lowest BCUT2D eigenvalue weighted by Gasteiger charge is -2.28. The first kappa shape index (κ1) is 24.8. The molecule has 0 saturated heterocycles. The largest absolute Gasteiger partial charge is 0.641 e. The van der Waals surface area contributed by atoms with E-state index in [1.165, 1.54) is 0 Å². The monoisotopic (exact) mass is 476 g/mol. The smallest absolute Gasteiger partial charge is 0.396 e. The summed E-state index contributed by atoms with van der Waals surface area (Å²) in [5.74, 6) is -13.0. The molecule has 3 saturated carbocycles. The van der Waals surface area contributed by atoms with Crippen LogP contribution in [0.1, 0.15) is 19.3 Å². The van der Waals surface area contributed by atoms with Gasteiger partial charge in [-0.1, -0.05) is 0 Å². The molecule has 3 aliphatic rings. The fourth-order valence-corrected chi connectivity index (χ4v) is 3.73.